The molecule has 0 aromatic heterocycles. The molecule has 1 aliphatic carbocycles. The third-order valence-corrected chi connectivity index (χ3v) is 6.40. The number of carbonyl (C=O) groups excluding carboxylic acids is 2. The highest BCUT2D eigenvalue weighted by Gasteiger charge is 2.36. The van der Waals surface area contributed by atoms with Crippen LogP contribution in [0.15, 0.2) is 59.4 Å². The number of benzene rings is 2. The molecule has 0 saturated carbocycles. The van der Waals surface area contributed by atoms with Gasteiger partial charge in [0, 0.05) is 5.56 Å². The van der Waals surface area contributed by atoms with Crippen molar-refractivity contribution in [1.82, 2.24) is 10.6 Å². The maximum atomic E-state index is 12.2. The van der Waals surface area contributed by atoms with Crippen molar-refractivity contribution in [2.45, 2.75) is 58.9 Å². The zero-order valence-electron chi connectivity index (χ0n) is 21.6. The van der Waals surface area contributed by atoms with Gasteiger partial charge in [-0.2, -0.15) is 0 Å². The number of thiol groups is 1. The molecule has 0 aliphatic heterocycles. The van der Waals surface area contributed by atoms with Crippen molar-refractivity contribution in [3.8, 4) is 0 Å². The van der Waals surface area contributed by atoms with Gasteiger partial charge in [0.15, 0.2) is 0 Å². The van der Waals surface area contributed by atoms with Crippen LogP contribution in [-0.2, 0) is 28.0 Å². The van der Waals surface area contributed by atoms with E-state index >= 15 is 0 Å². The van der Waals surface area contributed by atoms with Crippen LogP contribution in [0.25, 0.3) is 11.3 Å². The van der Waals surface area contributed by atoms with Crippen LogP contribution in [0, 0.1) is 0 Å². The molecule has 2 amide bonds. The zero-order valence-corrected chi connectivity index (χ0v) is 22.5. The molecular formula is C29H39N3O2S. The lowest BCUT2D eigenvalue weighted by Gasteiger charge is -2.30. The summed E-state index contributed by atoms with van der Waals surface area (Å²) >= 11 is 4.08. The van der Waals surface area contributed by atoms with E-state index < -0.39 is 5.54 Å². The summed E-state index contributed by atoms with van der Waals surface area (Å²) in [5.74, 6) is -0.387. The molecule has 3 rings (SSSR count). The average molecular weight is 494 g/mol. The van der Waals surface area contributed by atoms with E-state index in [1.165, 1.54) is 28.7 Å². The number of imide groups is 1. The van der Waals surface area contributed by atoms with Crippen molar-refractivity contribution in [1.29, 1.82) is 0 Å². The molecule has 0 spiro atoms. The first-order chi connectivity index (χ1) is 16.9. The first kappa shape index (κ1) is 30.1. The molecule has 0 heterocycles. The fraction of sp³-hybridized carbons (Fsp3) is 0.345. The van der Waals surface area contributed by atoms with Gasteiger partial charge in [-0.25, -0.2) is 0 Å². The standard InChI is InChI=1S/C15H19N3O2S.C12H14.C2H6/c1-4-15(17-3,14(20)18-10-19)12-7-5-11(6-8-12)13(9-21)16-2;1-3-10-5-7-11-6-4-9(2)12(11)8-10;1-2/h5-10,17,21H,2,4H2,1,3H3,(H,18,19,20);5,7-8H,2-4,6H2,1H3;1-2H3/b13-9-;;/t15-;;/m0../s1. The number of carbonyl (C=O) groups is 2. The van der Waals surface area contributed by atoms with Crippen molar-refractivity contribution >= 4 is 42.9 Å². The quantitative estimate of drug-likeness (QED) is 0.242. The largest absolute Gasteiger partial charge is 0.303 e. The fourth-order valence-electron chi connectivity index (χ4n) is 4.05. The summed E-state index contributed by atoms with van der Waals surface area (Å²) < 4.78 is 0. The molecule has 35 heavy (non-hydrogen) atoms. The number of nitrogens with one attached hydrogen (secondary N) is 2. The van der Waals surface area contributed by atoms with Crippen LogP contribution >= 0.6 is 12.6 Å². The molecule has 0 bridgehead atoms. The first-order valence-electron chi connectivity index (χ1n) is 12.1. The highest BCUT2D eigenvalue weighted by molar-refractivity contribution is 7.83. The Bertz CT molecular complexity index is 1040. The van der Waals surface area contributed by atoms with Gasteiger partial charge < -0.3 is 5.32 Å². The smallest absolute Gasteiger partial charge is 0.251 e. The predicted octanol–water partition coefficient (Wildman–Crippen LogP) is 5.95. The van der Waals surface area contributed by atoms with Crippen LogP contribution in [0.2, 0.25) is 0 Å². The van der Waals surface area contributed by atoms with Crippen molar-refractivity contribution in [3.05, 3.63) is 82.3 Å². The fourth-order valence-corrected chi connectivity index (χ4v) is 4.28. The van der Waals surface area contributed by atoms with Gasteiger partial charge in [-0.1, -0.05) is 76.7 Å². The molecule has 188 valence electrons. The van der Waals surface area contributed by atoms with Crippen LogP contribution in [-0.4, -0.2) is 26.1 Å². The number of nitrogens with zero attached hydrogens (tertiary/aromatic N) is 1. The Balaban J connectivity index is 0.000000367. The summed E-state index contributed by atoms with van der Waals surface area (Å²) in [6, 6.07) is 14.1. The molecule has 6 heteroatoms. The first-order valence-corrected chi connectivity index (χ1v) is 12.6. The van der Waals surface area contributed by atoms with Crippen molar-refractivity contribution < 1.29 is 9.59 Å². The number of aryl methyl sites for hydroxylation is 2. The van der Waals surface area contributed by atoms with Gasteiger partial charge in [0.1, 0.15) is 5.54 Å². The summed E-state index contributed by atoms with van der Waals surface area (Å²) in [7, 11) is 1.69. The number of fused-ring (bicyclic) bond motifs is 1. The van der Waals surface area contributed by atoms with Gasteiger partial charge in [0.2, 0.25) is 6.41 Å². The maximum absolute atomic E-state index is 12.2. The van der Waals surface area contributed by atoms with Crippen LogP contribution < -0.4 is 10.6 Å². The van der Waals surface area contributed by atoms with E-state index in [2.05, 4.69) is 66.7 Å². The second kappa shape index (κ2) is 15.1. The Kier molecular flexibility index (Phi) is 13.0. The molecule has 0 fully saturated rings. The minimum atomic E-state index is -0.952. The lowest BCUT2D eigenvalue weighted by Crippen LogP contribution is -2.52. The van der Waals surface area contributed by atoms with Crippen LogP contribution in [0.3, 0.4) is 0 Å². The van der Waals surface area contributed by atoms with E-state index in [-0.39, 0.29) is 5.91 Å². The molecule has 0 unspecified atom stereocenters. The van der Waals surface area contributed by atoms with Gasteiger partial charge in [-0.05, 0) is 72.7 Å². The Hall–Kier alpha value is -2.96. The average Bonchev–Trinajstić information content (AvgIpc) is 3.28. The van der Waals surface area contributed by atoms with E-state index in [1.807, 2.05) is 45.0 Å². The Morgan fingerprint density at radius 3 is 2.29 bits per heavy atom. The molecule has 1 aliphatic rings. The van der Waals surface area contributed by atoms with Crippen molar-refractivity contribution in [3.63, 3.8) is 0 Å². The minimum Gasteiger partial charge on any atom is -0.303 e. The van der Waals surface area contributed by atoms with E-state index in [9.17, 15) is 9.59 Å². The summed E-state index contributed by atoms with van der Waals surface area (Å²) in [5.41, 5.74) is 6.95. The second-order valence-electron chi connectivity index (χ2n) is 7.80. The van der Waals surface area contributed by atoms with Gasteiger partial charge in [-0.3, -0.25) is 19.9 Å². The normalized spacial score (nSPS) is 13.8. The molecule has 0 saturated heterocycles. The number of likely N-dealkylation sites (N-methyl/N-ethyl adjacent to an activating group) is 1. The molecule has 5 nitrogen and oxygen atoms in total. The number of hydrogen-bond donors (Lipinski definition) is 3. The number of hydrogen-bond acceptors (Lipinski definition) is 5. The van der Waals surface area contributed by atoms with E-state index in [4.69, 9.17) is 0 Å². The summed E-state index contributed by atoms with van der Waals surface area (Å²) in [6.45, 7) is 15.6. The Morgan fingerprint density at radius 1 is 1.14 bits per heavy atom. The predicted molar refractivity (Wildman–Crippen MR) is 153 cm³/mol. The van der Waals surface area contributed by atoms with Gasteiger partial charge in [0.25, 0.3) is 5.91 Å². The highest BCUT2D eigenvalue weighted by atomic mass is 32.1. The minimum absolute atomic E-state index is 0.387. The lowest BCUT2D eigenvalue weighted by molar-refractivity contribution is -0.131. The van der Waals surface area contributed by atoms with Crippen molar-refractivity contribution in [2.24, 2.45) is 4.99 Å². The summed E-state index contributed by atoms with van der Waals surface area (Å²) in [5, 5.41) is 6.78. The lowest BCUT2D eigenvalue weighted by atomic mass is 9.85. The third-order valence-electron chi connectivity index (χ3n) is 6.16. The highest BCUT2D eigenvalue weighted by Crippen LogP contribution is 2.31. The SMILES string of the molecule is C=C1CCc2ccc(CC)cc21.C=N/C(=C\S)c1ccc([C@](CC)(NC)C(=O)NC=O)cc1.CC. The number of aliphatic imine (C=N–C) groups is 1. The van der Waals surface area contributed by atoms with Gasteiger partial charge in [0.05, 0.1) is 5.70 Å². The second-order valence-corrected chi connectivity index (χ2v) is 8.06. The number of amides is 2. The molecule has 1 atom stereocenters. The Morgan fingerprint density at radius 2 is 1.80 bits per heavy atom. The van der Waals surface area contributed by atoms with Gasteiger partial charge in [-0.15, -0.1) is 12.6 Å². The molecule has 0 radical (unpaired) electrons. The summed E-state index contributed by atoms with van der Waals surface area (Å²) in [6.07, 6.45) is 4.36. The van der Waals surface area contributed by atoms with E-state index in [0.29, 0.717) is 18.5 Å². The van der Waals surface area contributed by atoms with Crippen LogP contribution in [0.1, 0.15) is 68.4 Å². The zero-order chi connectivity index (χ0) is 26.4. The molecule has 2 aromatic rings. The van der Waals surface area contributed by atoms with Crippen LogP contribution in [0.5, 0.6) is 0 Å². The van der Waals surface area contributed by atoms with Gasteiger partial charge >= 0.3 is 0 Å². The third kappa shape index (κ3) is 7.26. The monoisotopic (exact) mass is 493 g/mol. The Labute approximate surface area is 216 Å². The number of allylic oxidation sites excluding steroid dienone is 1. The molecule has 2 aromatic carbocycles. The van der Waals surface area contributed by atoms with E-state index in [0.717, 1.165) is 24.0 Å². The molecular weight excluding hydrogens is 454 g/mol. The molecule has 2 N–H and O–H groups in total. The van der Waals surface area contributed by atoms with Crippen LogP contribution in [0.4, 0.5) is 0 Å². The summed E-state index contributed by atoms with van der Waals surface area (Å²) in [4.78, 5) is 26.6. The maximum Gasteiger partial charge on any atom is 0.251 e. The number of rotatable bonds is 8. The topological polar surface area (TPSA) is 70.6 Å². The van der Waals surface area contributed by atoms with E-state index in [1.54, 1.807) is 12.5 Å². The van der Waals surface area contributed by atoms with Crippen molar-refractivity contribution in [2.75, 3.05) is 7.05 Å².